The zero-order valence-electron chi connectivity index (χ0n) is 21.3. The van der Waals surface area contributed by atoms with Crippen LogP contribution in [0.1, 0.15) is 23.1 Å². The van der Waals surface area contributed by atoms with Gasteiger partial charge in [0.1, 0.15) is 5.75 Å². The molecule has 10 heteroatoms. The van der Waals surface area contributed by atoms with Gasteiger partial charge in [-0.3, -0.25) is 4.79 Å². The number of rotatable bonds is 11. The lowest BCUT2D eigenvalue weighted by atomic mass is 10.1. The van der Waals surface area contributed by atoms with Crippen molar-refractivity contribution >= 4 is 27.0 Å². The zero-order valence-corrected chi connectivity index (χ0v) is 22.1. The number of amides is 1. The van der Waals surface area contributed by atoms with E-state index in [0.717, 1.165) is 29.7 Å². The van der Waals surface area contributed by atoms with Crippen molar-refractivity contribution in [2.24, 2.45) is 0 Å². The molecule has 0 radical (unpaired) electrons. The Bertz CT molecular complexity index is 1280. The lowest BCUT2D eigenvalue weighted by Crippen LogP contribution is -2.33. The minimum Gasteiger partial charge on any atom is -0.497 e. The van der Waals surface area contributed by atoms with Crippen LogP contribution in [0, 0.1) is 13.8 Å². The lowest BCUT2D eigenvalue weighted by Gasteiger charge is -2.20. The fraction of sp³-hybridized carbons (Fsp3) is 0.440. The van der Waals surface area contributed by atoms with Crippen molar-refractivity contribution in [3.63, 3.8) is 0 Å². The predicted octanol–water partition coefficient (Wildman–Crippen LogP) is 2.55. The molecule has 1 N–H and O–H groups in total. The van der Waals surface area contributed by atoms with Crippen LogP contribution < -0.4 is 10.1 Å². The van der Waals surface area contributed by atoms with Gasteiger partial charge in [-0.2, -0.15) is 0 Å². The molecule has 0 aliphatic heterocycles. The van der Waals surface area contributed by atoms with Crippen LogP contribution in [0.5, 0.6) is 5.75 Å². The maximum absolute atomic E-state index is 13.1. The van der Waals surface area contributed by atoms with Crippen molar-refractivity contribution in [3.05, 3.63) is 53.3 Å². The van der Waals surface area contributed by atoms with E-state index in [4.69, 9.17) is 4.74 Å². The number of benzene rings is 2. The largest absolute Gasteiger partial charge is 0.497 e. The van der Waals surface area contributed by atoms with E-state index in [0.29, 0.717) is 23.4 Å². The Balaban J connectivity index is 1.59. The summed E-state index contributed by atoms with van der Waals surface area (Å²) >= 11 is 0. The molecule has 9 nitrogen and oxygen atoms in total. The van der Waals surface area contributed by atoms with Crippen LogP contribution in [0.2, 0.25) is 0 Å². The summed E-state index contributed by atoms with van der Waals surface area (Å²) in [6.45, 7) is 5.65. The fourth-order valence-corrected chi connectivity index (χ4v) is 5.53. The molecule has 35 heavy (non-hydrogen) atoms. The third-order valence-corrected chi connectivity index (χ3v) is 8.12. The van der Waals surface area contributed by atoms with Crippen LogP contribution in [-0.4, -0.2) is 74.4 Å². The number of likely N-dealkylation sites (N-methyl/N-ethyl adjacent to an activating group) is 1. The third kappa shape index (κ3) is 6.39. The highest BCUT2D eigenvalue weighted by atomic mass is 32.2. The van der Waals surface area contributed by atoms with Gasteiger partial charge in [0.05, 0.1) is 29.4 Å². The Labute approximate surface area is 207 Å². The highest BCUT2D eigenvalue weighted by Crippen LogP contribution is 2.27. The van der Waals surface area contributed by atoms with E-state index in [-0.39, 0.29) is 23.8 Å². The summed E-state index contributed by atoms with van der Waals surface area (Å²) in [4.78, 5) is 19.3. The highest BCUT2D eigenvalue weighted by Gasteiger charge is 2.25. The molecule has 2 aromatic carbocycles. The molecule has 0 spiro atoms. The van der Waals surface area contributed by atoms with Crippen molar-refractivity contribution in [2.75, 3.05) is 41.3 Å². The number of nitrogens with one attached hydrogen (secondary N) is 1. The van der Waals surface area contributed by atoms with E-state index >= 15 is 0 Å². The minimum atomic E-state index is -3.74. The molecule has 0 bridgehead atoms. The van der Waals surface area contributed by atoms with Crippen molar-refractivity contribution in [3.8, 4) is 5.75 Å². The molecule has 3 rings (SSSR count). The summed E-state index contributed by atoms with van der Waals surface area (Å²) in [6.07, 6.45) is 1.89. The summed E-state index contributed by atoms with van der Waals surface area (Å²) in [5, 5.41) is 2.90. The van der Waals surface area contributed by atoms with Crippen LogP contribution in [-0.2, 0) is 27.9 Å². The Kier molecular flexibility index (Phi) is 8.52. The first-order valence-corrected chi connectivity index (χ1v) is 12.9. The Hall–Kier alpha value is -2.95. The maximum atomic E-state index is 13.1. The topological polar surface area (TPSA) is 96.8 Å². The van der Waals surface area contributed by atoms with E-state index in [2.05, 4.69) is 19.8 Å². The van der Waals surface area contributed by atoms with Gasteiger partial charge in [-0.25, -0.2) is 17.7 Å². The zero-order chi connectivity index (χ0) is 25.8. The molecule has 0 saturated carbocycles. The Morgan fingerprint density at radius 2 is 1.77 bits per heavy atom. The van der Waals surface area contributed by atoms with Gasteiger partial charge < -0.3 is 19.5 Å². The molecule has 0 saturated heterocycles. The smallest absolute Gasteiger partial charge is 0.243 e. The van der Waals surface area contributed by atoms with Gasteiger partial charge in [0.25, 0.3) is 0 Å². The molecular weight excluding hydrogens is 466 g/mol. The SMILES string of the molecule is COc1cc(C)c(S(=O)(=O)N(C)CCC(=O)NCc2ccc3ncn(CCN(C)C)c3c2)c(C)c1. The molecule has 190 valence electrons. The molecule has 1 heterocycles. The van der Waals surface area contributed by atoms with Gasteiger partial charge in [0.15, 0.2) is 0 Å². The number of aromatic nitrogens is 2. The second kappa shape index (κ2) is 11.2. The first-order valence-electron chi connectivity index (χ1n) is 11.5. The fourth-order valence-electron chi connectivity index (χ4n) is 3.96. The number of carbonyl (C=O) groups excluding carboxylic acids is 1. The Morgan fingerprint density at radius 3 is 2.40 bits per heavy atom. The van der Waals surface area contributed by atoms with Crippen molar-refractivity contribution in [2.45, 2.75) is 38.3 Å². The number of ether oxygens (including phenoxy) is 1. The van der Waals surface area contributed by atoms with E-state index in [1.165, 1.54) is 11.4 Å². The van der Waals surface area contributed by atoms with Gasteiger partial charge in [-0.15, -0.1) is 0 Å². The quantitative estimate of drug-likeness (QED) is 0.434. The molecule has 3 aromatic rings. The molecule has 0 aliphatic rings. The number of carbonyl (C=O) groups is 1. The van der Waals surface area contributed by atoms with Crippen molar-refractivity contribution < 1.29 is 17.9 Å². The summed E-state index contributed by atoms with van der Waals surface area (Å²) in [5.41, 5.74) is 4.11. The van der Waals surface area contributed by atoms with Gasteiger partial charge in [-0.05, 0) is 68.9 Å². The van der Waals surface area contributed by atoms with Crippen molar-refractivity contribution in [1.29, 1.82) is 0 Å². The average molecular weight is 502 g/mol. The van der Waals surface area contributed by atoms with Gasteiger partial charge in [-0.1, -0.05) is 6.07 Å². The number of sulfonamides is 1. The predicted molar refractivity (Wildman–Crippen MR) is 137 cm³/mol. The number of nitrogens with zero attached hydrogens (tertiary/aromatic N) is 4. The number of imidazole rings is 1. The second-order valence-electron chi connectivity index (χ2n) is 9.01. The monoisotopic (exact) mass is 501 g/mol. The summed E-state index contributed by atoms with van der Waals surface area (Å²) < 4.78 is 34.8. The van der Waals surface area contributed by atoms with E-state index in [1.807, 2.05) is 38.6 Å². The number of methoxy groups -OCH3 is 1. The molecule has 0 unspecified atom stereocenters. The molecule has 1 aromatic heterocycles. The maximum Gasteiger partial charge on any atom is 0.243 e. The summed E-state index contributed by atoms with van der Waals surface area (Å²) in [7, 11) is 3.36. The molecule has 0 atom stereocenters. The van der Waals surface area contributed by atoms with Gasteiger partial charge in [0.2, 0.25) is 15.9 Å². The van der Waals surface area contributed by atoms with Crippen molar-refractivity contribution in [1.82, 2.24) is 24.1 Å². The highest BCUT2D eigenvalue weighted by molar-refractivity contribution is 7.89. The normalized spacial score (nSPS) is 12.0. The first-order chi connectivity index (χ1) is 16.5. The lowest BCUT2D eigenvalue weighted by molar-refractivity contribution is -0.121. The number of hydrogen-bond acceptors (Lipinski definition) is 6. The summed E-state index contributed by atoms with van der Waals surface area (Å²) in [6, 6.07) is 9.32. The molecule has 0 fully saturated rings. The van der Waals surface area contributed by atoms with Crippen LogP contribution in [0.3, 0.4) is 0 Å². The number of aryl methyl sites for hydroxylation is 2. The van der Waals surface area contributed by atoms with Crippen LogP contribution >= 0.6 is 0 Å². The Morgan fingerprint density at radius 1 is 1.09 bits per heavy atom. The third-order valence-electron chi connectivity index (χ3n) is 5.95. The van der Waals surface area contributed by atoms with Crippen LogP contribution in [0.25, 0.3) is 11.0 Å². The standard InChI is InChI=1S/C25H35N5O4S/c1-18-13-21(34-6)14-19(2)25(18)35(32,33)29(5)10-9-24(31)26-16-20-7-8-22-23(15-20)30(17-27-22)12-11-28(3)4/h7-8,13-15,17H,9-12,16H2,1-6H3,(H,26,31). The number of fused-ring (bicyclic) bond motifs is 1. The van der Waals surface area contributed by atoms with Gasteiger partial charge >= 0.3 is 0 Å². The molecule has 0 aliphatic carbocycles. The van der Waals surface area contributed by atoms with E-state index in [9.17, 15) is 13.2 Å². The second-order valence-corrected chi connectivity index (χ2v) is 11.0. The van der Waals surface area contributed by atoms with E-state index < -0.39 is 10.0 Å². The van der Waals surface area contributed by atoms with Crippen LogP contribution in [0.4, 0.5) is 0 Å². The summed E-state index contributed by atoms with van der Waals surface area (Å²) in [5.74, 6) is 0.399. The first kappa shape index (κ1) is 26.7. The van der Waals surface area contributed by atoms with Gasteiger partial charge in [0, 0.05) is 39.6 Å². The number of hydrogen-bond donors (Lipinski definition) is 1. The molecule has 1 amide bonds. The average Bonchev–Trinajstić information content (AvgIpc) is 3.21. The van der Waals surface area contributed by atoms with E-state index in [1.54, 1.807) is 33.1 Å². The van der Waals surface area contributed by atoms with Crippen LogP contribution in [0.15, 0.2) is 41.6 Å². The minimum absolute atomic E-state index is 0.0625. The molecular formula is C25H35N5O4S.